The van der Waals surface area contributed by atoms with Crippen LogP contribution in [0.1, 0.15) is 0 Å². The molecule has 0 aromatic heterocycles. The predicted octanol–water partition coefficient (Wildman–Crippen LogP) is 7.37. The molecule has 0 saturated heterocycles. The van der Waals surface area contributed by atoms with Crippen molar-refractivity contribution in [2.45, 2.75) is 0 Å². The van der Waals surface area contributed by atoms with Gasteiger partial charge in [-0.2, -0.15) is 0 Å². The highest BCUT2D eigenvalue weighted by atomic mass is 35.5. The first kappa shape index (κ1) is 19.6. The van der Waals surface area contributed by atoms with Gasteiger partial charge in [-0.15, -0.1) is 0 Å². The van der Waals surface area contributed by atoms with Crippen LogP contribution in [0.25, 0.3) is 0 Å². The maximum absolute atomic E-state index is 6.22. The summed E-state index contributed by atoms with van der Waals surface area (Å²) in [7, 11) is -1.05. The molecule has 0 saturated carbocycles. The maximum atomic E-state index is 6.22. The lowest BCUT2D eigenvalue weighted by atomic mass is 10.3. The summed E-state index contributed by atoms with van der Waals surface area (Å²) in [6.45, 7) is 0. The van der Waals surface area contributed by atoms with Gasteiger partial charge in [0.05, 0.1) is 0 Å². The standard InChI is InChI=1S/C18H9Cl6P/c19-10-1-11(20)5-16(4-10)25(17-6-12(21)2-13(22)7-17)18-8-14(23)3-15(24)9-18/h1-9H. The molecule has 0 aliphatic carbocycles. The molecule has 128 valence electrons. The molecule has 0 aliphatic heterocycles. The monoisotopic (exact) mass is 466 g/mol. The van der Waals surface area contributed by atoms with Crippen molar-refractivity contribution in [3.63, 3.8) is 0 Å². The Bertz CT molecular complexity index is 758. The molecule has 3 aromatic carbocycles. The topological polar surface area (TPSA) is 0 Å². The van der Waals surface area contributed by atoms with Gasteiger partial charge in [-0.1, -0.05) is 69.6 Å². The largest absolute Gasteiger partial charge is 0.0843 e. The van der Waals surface area contributed by atoms with Crippen LogP contribution in [0.15, 0.2) is 54.6 Å². The molecular weight excluding hydrogens is 460 g/mol. The maximum Gasteiger partial charge on any atom is 0.0427 e. The van der Waals surface area contributed by atoms with E-state index < -0.39 is 7.92 Å². The Morgan fingerprint density at radius 2 is 0.560 bits per heavy atom. The van der Waals surface area contributed by atoms with E-state index in [1.807, 2.05) is 36.4 Å². The van der Waals surface area contributed by atoms with Gasteiger partial charge in [0.2, 0.25) is 0 Å². The lowest BCUT2D eigenvalue weighted by Crippen LogP contribution is -2.21. The first-order chi connectivity index (χ1) is 11.8. The third-order valence-electron chi connectivity index (χ3n) is 3.32. The van der Waals surface area contributed by atoms with Gasteiger partial charge >= 0.3 is 0 Å². The van der Waals surface area contributed by atoms with E-state index in [0.717, 1.165) is 15.9 Å². The van der Waals surface area contributed by atoms with E-state index in [0.29, 0.717) is 30.1 Å². The van der Waals surface area contributed by atoms with Crippen LogP contribution in [0.4, 0.5) is 0 Å². The van der Waals surface area contributed by atoms with E-state index in [1.54, 1.807) is 18.2 Å². The van der Waals surface area contributed by atoms with Crippen molar-refractivity contribution in [3.8, 4) is 0 Å². The molecular formula is C18H9Cl6P. The molecule has 25 heavy (non-hydrogen) atoms. The lowest BCUT2D eigenvalue weighted by Gasteiger charge is -2.21. The minimum atomic E-state index is -1.05. The van der Waals surface area contributed by atoms with E-state index in [-0.39, 0.29) is 0 Å². The highest BCUT2D eigenvalue weighted by Crippen LogP contribution is 2.38. The minimum absolute atomic E-state index is 0.552. The fourth-order valence-electron chi connectivity index (χ4n) is 2.45. The van der Waals surface area contributed by atoms with Crippen molar-refractivity contribution in [2.24, 2.45) is 0 Å². The van der Waals surface area contributed by atoms with Crippen LogP contribution in [-0.4, -0.2) is 0 Å². The Kier molecular flexibility index (Phi) is 6.45. The predicted molar refractivity (Wildman–Crippen MR) is 115 cm³/mol. The first-order valence-electron chi connectivity index (χ1n) is 7.00. The van der Waals surface area contributed by atoms with Crippen LogP contribution in [0, 0.1) is 0 Å². The average Bonchev–Trinajstić information content (AvgIpc) is 2.44. The number of benzene rings is 3. The minimum Gasteiger partial charge on any atom is -0.0843 e. The smallest absolute Gasteiger partial charge is 0.0427 e. The van der Waals surface area contributed by atoms with Gasteiger partial charge in [-0.3, -0.25) is 0 Å². The summed E-state index contributed by atoms with van der Waals surface area (Å²) in [5.74, 6) is 0. The van der Waals surface area contributed by atoms with Gasteiger partial charge < -0.3 is 0 Å². The van der Waals surface area contributed by atoms with Gasteiger partial charge in [0.25, 0.3) is 0 Å². The highest BCUT2D eigenvalue weighted by molar-refractivity contribution is 7.79. The summed E-state index contributed by atoms with van der Waals surface area (Å²) in [6, 6.07) is 16.3. The molecule has 3 aromatic rings. The summed E-state index contributed by atoms with van der Waals surface area (Å²) in [6.07, 6.45) is 0. The SMILES string of the molecule is Clc1cc(Cl)cc(P(c2cc(Cl)cc(Cl)c2)c2cc(Cl)cc(Cl)c2)c1. The number of rotatable bonds is 3. The van der Waals surface area contributed by atoms with E-state index in [4.69, 9.17) is 69.6 Å². The molecule has 0 N–H and O–H groups in total. The number of halogens is 6. The molecule has 3 rings (SSSR count). The Hall–Kier alpha value is -0.170. The number of hydrogen-bond acceptors (Lipinski definition) is 0. The zero-order valence-electron chi connectivity index (χ0n) is 12.4. The quantitative estimate of drug-likeness (QED) is 0.352. The Morgan fingerprint density at radius 3 is 0.760 bits per heavy atom. The molecule has 0 fully saturated rings. The van der Waals surface area contributed by atoms with Crippen LogP contribution >= 0.6 is 77.5 Å². The van der Waals surface area contributed by atoms with Crippen molar-refractivity contribution >= 4 is 93.4 Å². The summed E-state index contributed by atoms with van der Waals surface area (Å²) in [5, 5.41) is 6.16. The molecule has 0 nitrogen and oxygen atoms in total. The van der Waals surface area contributed by atoms with Crippen LogP contribution in [-0.2, 0) is 0 Å². The van der Waals surface area contributed by atoms with Crippen molar-refractivity contribution < 1.29 is 0 Å². The van der Waals surface area contributed by atoms with Crippen molar-refractivity contribution in [2.75, 3.05) is 0 Å². The zero-order valence-corrected chi connectivity index (χ0v) is 17.8. The average molecular weight is 469 g/mol. The summed E-state index contributed by atoms with van der Waals surface area (Å²) >= 11 is 37.3. The van der Waals surface area contributed by atoms with Gasteiger partial charge in [0, 0.05) is 30.1 Å². The normalized spacial score (nSPS) is 11.2. The summed E-state index contributed by atoms with van der Waals surface area (Å²) in [4.78, 5) is 0. The Labute approximate surface area is 177 Å². The highest BCUT2D eigenvalue weighted by Gasteiger charge is 2.20. The van der Waals surface area contributed by atoms with Gasteiger partial charge in [0.1, 0.15) is 0 Å². The van der Waals surface area contributed by atoms with Crippen LogP contribution < -0.4 is 15.9 Å². The van der Waals surface area contributed by atoms with Crippen molar-refractivity contribution in [1.82, 2.24) is 0 Å². The van der Waals surface area contributed by atoms with Crippen LogP contribution in [0.5, 0.6) is 0 Å². The fraction of sp³-hybridized carbons (Fsp3) is 0. The Balaban J connectivity index is 2.27. The summed E-state index contributed by atoms with van der Waals surface area (Å²) < 4.78 is 0. The van der Waals surface area contributed by atoms with E-state index in [1.165, 1.54) is 0 Å². The van der Waals surface area contributed by atoms with Crippen LogP contribution in [0.3, 0.4) is 0 Å². The van der Waals surface area contributed by atoms with E-state index in [9.17, 15) is 0 Å². The second kappa shape index (κ2) is 8.24. The van der Waals surface area contributed by atoms with E-state index >= 15 is 0 Å². The van der Waals surface area contributed by atoms with Crippen molar-refractivity contribution in [3.05, 3.63) is 84.7 Å². The molecule has 7 heteroatoms. The van der Waals surface area contributed by atoms with Crippen molar-refractivity contribution in [1.29, 1.82) is 0 Å². The molecule has 0 spiro atoms. The second-order valence-electron chi connectivity index (χ2n) is 5.22. The van der Waals surface area contributed by atoms with Gasteiger partial charge in [-0.25, -0.2) is 0 Å². The molecule has 0 unspecified atom stereocenters. The van der Waals surface area contributed by atoms with E-state index in [2.05, 4.69) is 0 Å². The third kappa shape index (κ3) is 4.96. The molecule has 0 atom stereocenters. The first-order valence-corrected chi connectivity index (χ1v) is 10.6. The van der Waals surface area contributed by atoms with Gasteiger partial charge in [0.15, 0.2) is 0 Å². The molecule has 0 heterocycles. The lowest BCUT2D eigenvalue weighted by molar-refractivity contribution is 1.73. The fourth-order valence-corrected chi connectivity index (χ4v) is 6.99. The zero-order chi connectivity index (χ0) is 18.1. The number of hydrogen-bond donors (Lipinski definition) is 0. The molecule has 0 aliphatic rings. The molecule has 0 amide bonds. The molecule has 0 bridgehead atoms. The third-order valence-corrected chi connectivity index (χ3v) is 6.95. The second-order valence-corrected chi connectivity index (χ2v) is 10.1. The Morgan fingerprint density at radius 1 is 0.360 bits per heavy atom. The van der Waals surface area contributed by atoms with Gasteiger partial charge in [-0.05, 0) is 78.4 Å². The molecule has 0 radical (unpaired) electrons. The van der Waals surface area contributed by atoms with Crippen LogP contribution in [0.2, 0.25) is 30.1 Å². The summed E-state index contributed by atoms with van der Waals surface area (Å²) in [5.41, 5.74) is 0.